The van der Waals surface area contributed by atoms with Gasteiger partial charge >= 0.3 is 5.69 Å². The summed E-state index contributed by atoms with van der Waals surface area (Å²) < 4.78 is 12.3. The smallest absolute Gasteiger partial charge is 0.343 e. The Kier molecular flexibility index (Phi) is 5.54. The van der Waals surface area contributed by atoms with Gasteiger partial charge in [0.2, 0.25) is 0 Å². The zero-order chi connectivity index (χ0) is 16.1. The number of nitrogens with one attached hydrogen (secondary N) is 1. The fraction of sp³-hybridized carbons (Fsp3) is 0.467. The fourth-order valence-electron chi connectivity index (χ4n) is 2.15. The number of aromatic nitrogens is 3. The van der Waals surface area contributed by atoms with Crippen LogP contribution in [0.2, 0.25) is 0 Å². The summed E-state index contributed by atoms with van der Waals surface area (Å²) in [5.41, 5.74) is 2.08. The van der Waals surface area contributed by atoms with Crippen molar-refractivity contribution in [1.82, 2.24) is 14.8 Å². The normalized spacial score (nSPS) is 10.7. The van der Waals surface area contributed by atoms with E-state index in [1.165, 1.54) is 11.8 Å². The first-order chi connectivity index (χ1) is 10.6. The number of ether oxygens (including phenoxy) is 2. The summed E-state index contributed by atoms with van der Waals surface area (Å²) in [5, 5.41) is 7.30. The minimum absolute atomic E-state index is 0.159. The van der Waals surface area contributed by atoms with E-state index in [-0.39, 0.29) is 5.69 Å². The molecule has 2 rings (SSSR count). The molecule has 6 nitrogen and oxygen atoms in total. The standard InChI is InChI=1S/C15H21N3O3S/c1-5-6-18-14(19)16-17-15(18)22-9-11-8-13(21-4)12(20-3)7-10(11)2/h7-8H,5-6,9H2,1-4H3,(H,16,19). The third-order valence-electron chi connectivity index (χ3n) is 3.37. The molecule has 0 saturated carbocycles. The first-order valence-electron chi connectivity index (χ1n) is 7.10. The zero-order valence-corrected chi connectivity index (χ0v) is 14.1. The molecule has 1 aromatic carbocycles. The van der Waals surface area contributed by atoms with E-state index in [0.29, 0.717) is 23.2 Å². The van der Waals surface area contributed by atoms with Gasteiger partial charge < -0.3 is 9.47 Å². The van der Waals surface area contributed by atoms with E-state index in [2.05, 4.69) is 10.2 Å². The summed E-state index contributed by atoms with van der Waals surface area (Å²) in [6, 6.07) is 3.93. The quantitative estimate of drug-likeness (QED) is 0.793. The first kappa shape index (κ1) is 16.5. The largest absolute Gasteiger partial charge is 0.493 e. The predicted octanol–water partition coefficient (Wildman–Crippen LogP) is 2.60. The number of methoxy groups -OCH3 is 2. The van der Waals surface area contributed by atoms with Gasteiger partial charge in [0.15, 0.2) is 16.7 Å². The lowest BCUT2D eigenvalue weighted by Crippen LogP contribution is -2.17. The minimum Gasteiger partial charge on any atom is -0.493 e. The predicted molar refractivity (Wildman–Crippen MR) is 87.0 cm³/mol. The van der Waals surface area contributed by atoms with Crippen LogP contribution in [0.5, 0.6) is 11.5 Å². The Morgan fingerprint density at radius 1 is 1.27 bits per heavy atom. The lowest BCUT2D eigenvalue weighted by atomic mass is 10.1. The van der Waals surface area contributed by atoms with E-state index in [4.69, 9.17) is 9.47 Å². The van der Waals surface area contributed by atoms with Gasteiger partial charge in [0.05, 0.1) is 14.2 Å². The van der Waals surface area contributed by atoms with Gasteiger partial charge in [0, 0.05) is 12.3 Å². The molecule has 0 radical (unpaired) electrons. The summed E-state index contributed by atoms with van der Waals surface area (Å²) >= 11 is 1.53. The Morgan fingerprint density at radius 2 is 1.95 bits per heavy atom. The number of H-pyrrole nitrogens is 1. The second kappa shape index (κ2) is 7.40. The van der Waals surface area contributed by atoms with Crippen molar-refractivity contribution in [2.24, 2.45) is 0 Å². The van der Waals surface area contributed by atoms with Crippen LogP contribution in [0.3, 0.4) is 0 Å². The minimum atomic E-state index is -0.159. The SMILES string of the molecule is CCCn1c(SCc2cc(OC)c(OC)cc2C)n[nH]c1=O. The summed E-state index contributed by atoms with van der Waals surface area (Å²) in [5.74, 6) is 2.13. The molecule has 0 fully saturated rings. The van der Waals surface area contributed by atoms with E-state index in [9.17, 15) is 4.79 Å². The Hall–Kier alpha value is -1.89. The van der Waals surface area contributed by atoms with Crippen LogP contribution in [-0.2, 0) is 12.3 Å². The molecule has 0 aliphatic heterocycles. The van der Waals surface area contributed by atoms with Crippen LogP contribution in [-0.4, -0.2) is 29.0 Å². The molecule has 0 saturated heterocycles. The first-order valence-corrected chi connectivity index (χ1v) is 8.08. The molecule has 0 aliphatic rings. The van der Waals surface area contributed by atoms with E-state index >= 15 is 0 Å². The van der Waals surface area contributed by atoms with Crippen molar-refractivity contribution in [1.29, 1.82) is 0 Å². The van der Waals surface area contributed by atoms with Crippen LogP contribution in [0.15, 0.2) is 22.1 Å². The van der Waals surface area contributed by atoms with E-state index in [1.54, 1.807) is 18.8 Å². The molecule has 0 atom stereocenters. The summed E-state index contributed by atoms with van der Waals surface area (Å²) in [6.07, 6.45) is 0.891. The fourth-order valence-corrected chi connectivity index (χ4v) is 3.19. The van der Waals surface area contributed by atoms with Crippen LogP contribution in [0.1, 0.15) is 24.5 Å². The molecule has 0 aliphatic carbocycles. The highest BCUT2D eigenvalue weighted by Gasteiger charge is 2.12. The van der Waals surface area contributed by atoms with Crippen molar-refractivity contribution >= 4 is 11.8 Å². The highest BCUT2D eigenvalue weighted by Crippen LogP contribution is 2.32. The molecule has 0 unspecified atom stereocenters. The second-order valence-electron chi connectivity index (χ2n) is 4.89. The summed E-state index contributed by atoms with van der Waals surface area (Å²) in [7, 11) is 3.25. The highest BCUT2D eigenvalue weighted by atomic mass is 32.2. The Balaban J connectivity index is 2.20. The lowest BCUT2D eigenvalue weighted by Gasteiger charge is -2.12. The van der Waals surface area contributed by atoms with E-state index < -0.39 is 0 Å². The van der Waals surface area contributed by atoms with Crippen molar-refractivity contribution in [3.05, 3.63) is 33.7 Å². The highest BCUT2D eigenvalue weighted by molar-refractivity contribution is 7.98. The average Bonchev–Trinajstić information content (AvgIpc) is 2.87. The van der Waals surface area contributed by atoms with Gasteiger partial charge in [0.25, 0.3) is 0 Å². The Bertz CT molecular complexity index is 694. The number of aryl methyl sites for hydroxylation is 1. The molecular weight excluding hydrogens is 302 g/mol. The van der Waals surface area contributed by atoms with Crippen LogP contribution < -0.4 is 15.2 Å². The molecule has 1 heterocycles. The number of benzene rings is 1. The summed E-state index contributed by atoms with van der Waals surface area (Å²) in [4.78, 5) is 11.7. The molecule has 0 spiro atoms. The van der Waals surface area contributed by atoms with Crippen LogP contribution in [0, 0.1) is 6.92 Å². The third-order valence-corrected chi connectivity index (χ3v) is 4.39. The number of aromatic amines is 1. The van der Waals surface area contributed by atoms with Gasteiger partial charge in [-0.25, -0.2) is 9.89 Å². The van der Waals surface area contributed by atoms with Crippen molar-refractivity contribution in [2.45, 2.75) is 37.7 Å². The number of hydrogen-bond acceptors (Lipinski definition) is 5. The number of hydrogen-bond donors (Lipinski definition) is 1. The van der Waals surface area contributed by atoms with Gasteiger partial charge in [-0.2, -0.15) is 0 Å². The summed E-state index contributed by atoms with van der Waals surface area (Å²) in [6.45, 7) is 4.73. The third kappa shape index (κ3) is 3.47. The molecule has 1 N–H and O–H groups in total. The van der Waals surface area contributed by atoms with E-state index in [1.807, 2.05) is 26.0 Å². The zero-order valence-electron chi connectivity index (χ0n) is 13.3. The monoisotopic (exact) mass is 323 g/mol. The van der Waals surface area contributed by atoms with Gasteiger partial charge in [-0.3, -0.25) is 4.57 Å². The van der Waals surface area contributed by atoms with Crippen molar-refractivity contribution in [3.8, 4) is 11.5 Å². The van der Waals surface area contributed by atoms with Crippen LogP contribution in [0.25, 0.3) is 0 Å². The maximum atomic E-state index is 11.7. The maximum Gasteiger partial charge on any atom is 0.343 e. The molecule has 0 bridgehead atoms. The van der Waals surface area contributed by atoms with Gasteiger partial charge in [-0.15, -0.1) is 5.10 Å². The topological polar surface area (TPSA) is 69.1 Å². The number of rotatable bonds is 7. The van der Waals surface area contributed by atoms with Gasteiger partial charge in [0.1, 0.15) is 0 Å². The van der Waals surface area contributed by atoms with Crippen LogP contribution >= 0.6 is 11.8 Å². The second-order valence-corrected chi connectivity index (χ2v) is 5.83. The Morgan fingerprint density at radius 3 is 2.59 bits per heavy atom. The number of nitrogens with zero attached hydrogens (tertiary/aromatic N) is 2. The number of thioether (sulfide) groups is 1. The van der Waals surface area contributed by atoms with Crippen molar-refractivity contribution in [3.63, 3.8) is 0 Å². The average molecular weight is 323 g/mol. The van der Waals surface area contributed by atoms with Crippen molar-refractivity contribution in [2.75, 3.05) is 14.2 Å². The molecule has 0 amide bonds. The lowest BCUT2D eigenvalue weighted by molar-refractivity contribution is 0.354. The van der Waals surface area contributed by atoms with E-state index in [0.717, 1.165) is 23.3 Å². The van der Waals surface area contributed by atoms with Gasteiger partial charge in [-0.05, 0) is 36.6 Å². The van der Waals surface area contributed by atoms with Crippen molar-refractivity contribution < 1.29 is 9.47 Å². The molecule has 2 aromatic rings. The molecule has 1 aromatic heterocycles. The molecule has 22 heavy (non-hydrogen) atoms. The molecule has 120 valence electrons. The van der Waals surface area contributed by atoms with Crippen LogP contribution in [0.4, 0.5) is 0 Å². The van der Waals surface area contributed by atoms with Gasteiger partial charge in [-0.1, -0.05) is 18.7 Å². The molecular formula is C15H21N3O3S. The Labute approximate surface area is 133 Å². The maximum absolute atomic E-state index is 11.7. The molecule has 7 heteroatoms.